The molecule has 0 radical (unpaired) electrons. The van der Waals surface area contributed by atoms with Gasteiger partial charge in [0.2, 0.25) is 0 Å². The van der Waals surface area contributed by atoms with Crippen molar-refractivity contribution in [3.8, 4) is 0 Å². The highest BCUT2D eigenvalue weighted by Crippen LogP contribution is 2.25. The van der Waals surface area contributed by atoms with Gasteiger partial charge in [0.05, 0.1) is 16.4 Å². The molecule has 0 spiro atoms. The summed E-state index contributed by atoms with van der Waals surface area (Å²) < 4.78 is 2.03. The van der Waals surface area contributed by atoms with Crippen LogP contribution in [0.2, 0.25) is 5.15 Å². The van der Waals surface area contributed by atoms with E-state index in [0.717, 1.165) is 10.2 Å². The van der Waals surface area contributed by atoms with Crippen LogP contribution in [-0.4, -0.2) is 4.98 Å². The number of halogens is 3. The van der Waals surface area contributed by atoms with Crippen LogP contribution in [0.15, 0.2) is 41.0 Å². The van der Waals surface area contributed by atoms with Gasteiger partial charge >= 0.3 is 0 Å². The minimum Gasteiger partial charge on any atom is -0.377 e. The molecule has 1 unspecified atom stereocenters. The summed E-state index contributed by atoms with van der Waals surface area (Å²) in [6, 6.07) is 10.6. The van der Waals surface area contributed by atoms with Crippen molar-refractivity contribution in [2.75, 3.05) is 5.32 Å². The van der Waals surface area contributed by atoms with Crippen LogP contribution in [0.25, 0.3) is 0 Å². The fourth-order valence-electron chi connectivity index (χ4n) is 1.58. The number of nitrogens with one attached hydrogen (secondary N) is 1. The molecule has 0 fully saturated rings. The smallest absolute Gasteiger partial charge is 0.143 e. The van der Waals surface area contributed by atoms with Crippen molar-refractivity contribution in [3.05, 3.63) is 55.3 Å². The van der Waals surface area contributed by atoms with Crippen LogP contribution in [0.5, 0.6) is 0 Å². The Kier molecular flexibility index (Phi) is 4.86. The van der Waals surface area contributed by atoms with E-state index >= 15 is 0 Å². The lowest BCUT2D eigenvalue weighted by molar-refractivity contribution is 0.882. The van der Waals surface area contributed by atoms with Gasteiger partial charge in [0, 0.05) is 9.61 Å². The molecule has 94 valence electrons. The molecule has 2 rings (SSSR count). The molecule has 0 aliphatic heterocycles. The van der Waals surface area contributed by atoms with E-state index < -0.39 is 0 Å². The SMILES string of the molecule is CC(Nc1cnc(Cl)c(Br)c1)c1ccc(I)cc1. The Morgan fingerprint density at radius 3 is 2.61 bits per heavy atom. The maximum absolute atomic E-state index is 5.87. The second-order valence-electron chi connectivity index (χ2n) is 3.91. The molecule has 1 atom stereocenters. The van der Waals surface area contributed by atoms with Crippen molar-refractivity contribution in [2.24, 2.45) is 0 Å². The first kappa shape index (κ1) is 14.1. The molecule has 0 bridgehead atoms. The second kappa shape index (κ2) is 6.21. The third-order valence-corrected chi connectivity index (χ3v) is 4.40. The summed E-state index contributed by atoms with van der Waals surface area (Å²) in [6.45, 7) is 2.12. The van der Waals surface area contributed by atoms with Gasteiger partial charge in [0.1, 0.15) is 5.15 Å². The fraction of sp³-hybridized carbons (Fsp3) is 0.154. The lowest BCUT2D eigenvalue weighted by Crippen LogP contribution is -2.06. The standard InChI is InChI=1S/C13H11BrClIN2/c1-8(9-2-4-10(16)5-3-9)18-11-6-12(14)13(15)17-7-11/h2-8,18H,1H3. The number of hydrogen-bond acceptors (Lipinski definition) is 2. The number of aromatic nitrogens is 1. The van der Waals surface area contributed by atoms with Crippen LogP contribution < -0.4 is 5.32 Å². The quantitative estimate of drug-likeness (QED) is 0.522. The first-order valence-corrected chi connectivity index (χ1v) is 7.64. The van der Waals surface area contributed by atoms with Crippen LogP contribution >= 0.6 is 50.1 Å². The Morgan fingerprint density at radius 2 is 2.00 bits per heavy atom. The highest BCUT2D eigenvalue weighted by atomic mass is 127. The molecule has 1 N–H and O–H groups in total. The molecular formula is C13H11BrClIN2. The van der Waals surface area contributed by atoms with Crippen molar-refractivity contribution in [2.45, 2.75) is 13.0 Å². The van der Waals surface area contributed by atoms with Gasteiger partial charge in [-0.15, -0.1) is 0 Å². The van der Waals surface area contributed by atoms with Gasteiger partial charge in [-0.25, -0.2) is 4.98 Å². The fourth-order valence-corrected chi connectivity index (χ4v) is 2.40. The van der Waals surface area contributed by atoms with Crippen molar-refractivity contribution in [3.63, 3.8) is 0 Å². The average Bonchev–Trinajstić information content (AvgIpc) is 2.34. The molecule has 1 aromatic carbocycles. The number of anilines is 1. The van der Waals surface area contributed by atoms with Gasteiger partial charge in [-0.1, -0.05) is 23.7 Å². The zero-order valence-electron chi connectivity index (χ0n) is 9.62. The van der Waals surface area contributed by atoms with E-state index in [1.54, 1.807) is 6.20 Å². The van der Waals surface area contributed by atoms with E-state index in [1.165, 1.54) is 9.13 Å². The maximum Gasteiger partial charge on any atom is 0.143 e. The zero-order chi connectivity index (χ0) is 13.1. The Hall–Kier alpha value is -0.330. The molecule has 0 saturated carbocycles. The van der Waals surface area contributed by atoms with Gasteiger partial charge < -0.3 is 5.32 Å². The number of nitrogens with zero attached hydrogens (tertiary/aromatic N) is 1. The van der Waals surface area contributed by atoms with E-state index in [2.05, 4.69) is 80.0 Å². The molecule has 1 heterocycles. The van der Waals surface area contributed by atoms with Crippen LogP contribution in [0.4, 0.5) is 5.69 Å². The Labute approximate surface area is 133 Å². The molecule has 0 aliphatic rings. The maximum atomic E-state index is 5.87. The van der Waals surface area contributed by atoms with Gasteiger partial charge in [-0.05, 0) is 69.2 Å². The van der Waals surface area contributed by atoms with Crippen LogP contribution in [0.1, 0.15) is 18.5 Å². The van der Waals surface area contributed by atoms with Gasteiger partial charge in [0.15, 0.2) is 0 Å². The summed E-state index contributed by atoms with van der Waals surface area (Å²) in [7, 11) is 0. The predicted molar refractivity (Wildman–Crippen MR) is 88.1 cm³/mol. The molecule has 18 heavy (non-hydrogen) atoms. The van der Waals surface area contributed by atoms with Gasteiger partial charge in [-0.3, -0.25) is 0 Å². The van der Waals surface area contributed by atoms with E-state index in [9.17, 15) is 0 Å². The normalized spacial score (nSPS) is 12.2. The zero-order valence-corrected chi connectivity index (χ0v) is 14.1. The van der Waals surface area contributed by atoms with Crippen molar-refractivity contribution in [1.82, 2.24) is 4.98 Å². The molecular weight excluding hydrogens is 426 g/mol. The first-order valence-electron chi connectivity index (χ1n) is 5.39. The molecule has 5 heteroatoms. The number of rotatable bonds is 3. The number of hydrogen-bond donors (Lipinski definition) is 1. The lowest BCUT2D eigenvalue weighted by atomic mass is 10.1. The van der Waals surface area contributed by atoms with Crippen molar-refractivity contribution < 1.29 is 0 Å². The molecule has 2 nitrogen and oxygen atoms in total. The number of pyridine rings is 1. The summed E-state index contributed by atoms with van der Waals surface area (Å²) in [5.74, 6) is 0. The largest absolute Gasteiger partial charge is 0.377 e. The van der Waals surface area contributed by atoms with E-state index in [1.807, 2.05) is 6.07 Å². The molecule has 0 aliphatic carbocycles. The Balaban J connectivity index is 2.13. The number of benzene rings is 1. The van der Waals surface area contributed by atoms with Crippen molar-refractivity contribution >= 4 is 55.8 Å². The minimum atomic E-state index is 0.219. The predicted octanol–water partition coefficient (Wildman–Crippen LogP) is 5.28. The summed E-state index contributed by atoms with van der Waals surface area (Å²) >= 11 is 11.5. The first-order chi connectivity index (χ1) is 8.56. The average molecular weight is 438 g/mol. The monoisotopic (exact) mass is 436 g/mol. The van der Waals surface area contributed by atoms with E-state index in [4.69, 9.17) is 11.6 Å². The minimum absolute atomic E-state index is 0.219. The van der Waals surface area contributed by atoms with Crippen LogP contribution in [0.3, 0.4) is 0 Å². The summed E-state index contributed by atoms with van der Waals surface area (Å²) in [5.41, 5.74) is 2.18. The highest BCUT2D eigenvalue weighted by Gasteiger charge is 2.06. The third kappa shape index (κ3) is 3.59. The molecule has 2 aromatic rings. The van der Waals surface area contributed by atoms with E-state index in [-0.39, 0.29) is 6.04 Å². The van der Waals surface area contributed by atoms with Gasteiger partial charge in [-0.2, -0.15) is 0 Å². The molecule has 1 aromatic heterocycles. The van der Waals surface area contributed by atoms with Gasteiger partial charge in [0.25, 0.3) is 0 Å². The lowest BCUT2D eigenvalue weighted by Gasteiger charge is -2.16. The molecule has 0 saturated heterocycles. The summed E-state index contributed by atoms with van der Waals surface area (Å²) in [5, 5.41) is 3.87. The van der Waals surface area contributed by atoms with Crippen LogP contribution in [0, 0.1) is 3.57 Å². The van der Waals surface area contributed by atoms with E-state index in [0.29, 0.717) is 5.15 Å². The highest BCUT2D eigenvalue weighted by molar-refractivity contribution is 14.1. The van der Waals surface area contributed by atoms with Crippen LogP contribution in [-0.2, 0) is 0 Å². The Bertz CT molecular complexity index is 545. The summed E-state index contributed by atoms with van der Waals surface area (Å²) in [6.07, 6.45) is 1.73. The Morgan fingerprint density at radius 1 is 1.33 bits per heavy atom. The third-order valence-electron chi connectivity index (χ3n) is 2.55. The van der Waals surface area contributed by atoms with Crippen molar-refractivity contribution in [1.29, 1.82) is 0 Å². The second-order valence-corrected chi connectivity index (χ2v) is 6.37. The topological polar surface area (TPSA) is 24.9 Å². The molecule has 0 amide bonds. The summed E-state index contributed by atoms with van der Waals surface area (Å²) in [4.78, 5) is 4.09.